The van der Waals surface area contributed by atoms with E-state index in [1.807, 2.05) is 36.6 Å². The summed E-state index contributed by atoms with van der Waals surface area (Å²) in [6, 6.07) is 18.4. The van der Waals surface area contributed by atoms with Crippen molar-refractivity contribution < 1.29 is 4.79 Å². The summed E-state index contributed by atoms with van der Waals surface area (Å²) in [5.74, 6) is 0.403. The van der Waals surface area contributed by atoms with Crippen LogP contribution in [0.4, 0.5) is 5.69 Å². The summed E-state index contributed by atoms with van der Waals surface area (Å²) in [6.45, 7) is 2.50. The van der Waals surface area contributed by atoms with E-state index >= 15 is 0 Å². The lowest BCUT2D eigenvalue weighted by Gasteiger charge is -2.16. The molecule has 0 saturated carbocycles. The van der Waals surface area contributed by atoms with Crippen LogP contribution in [0.25, 0.3) is 0 Å². The van der Waals surface area contributed by atoms with Crippen LogP contribution >= 0.6 is 11.8 Å². The minimum atomic E-state index is 0.0539. The quantitative estimate of drug-likeness (QED) is 0.782. The number of carbonyl (C=O) groups is 1. The Hall–Kier alpha value is -1.82. The Morgan fingerprint density at radius 3 is 2.64 bits per heavy atom. The van der Waals surface area contributed by atoms with E-state index in [4.69, 9.17) is 5.73 Å². The number of benzene rings is 2. The first kappa shape index (κ1) is 18.0. The van der Waals surface area contributed by atoms with Crippen molar-refractivity contribution in [1.29, 1.82) is 0 Å². The highest BCUT2D eigenvalue weighted by Gasteiger charge is 2.31. The highest BCUT2D eigenvalue weighted by molar-refractivity contribution is 7.98. The van der Waals surface area contributed by atoms with Crippen molar-refractivity contribution in [2.45, 2.75) is 23.3 Å². The minimum absolute atomic E-state index is 0.0539. The third-order valence-corrected chi connectivity index (χ3v) is 5.50. The molecule has 1 saturated heterocycles. The molecule has 0 aliphatic carbocycles. The number of rotatable bonds is 6. The first-order valence-electron chi connectivity index (χ1n) is 8.63. The second kappa shape index (κ2) is 8.52. The van der Waals surface area contributed by atoms with Crippen LogP contribution in [0.2, 0.25) is 0 Å². The fourth-order valence-electron chi connectivity index (χ4n) is 3.37. The van der Waals surface area contributed by atoms with E-state index in [0.717, 1.165) is 30.2 Å². The molecule has 2 aromatic rings. The number of nitrogens with zero attached hydrogens (tertiary/aromatic N) is 1. The van der Waals surface area contributed by atoms with E-state index in [2.05, 4.69) is 34.5 Å². The number of hydrogen-bond donors (Lipinski definition) is 2. The van der Waals surface area contributed by atoms with Gasteiger partial charge in [-0.2, -0.15) is 0 Å². The molecule has 25 heavy (non-hydrogen) atoms. The second-order valence-electron chi connectivity index (χ2n) is 6.44. The Morgan fingerprint density at radius 2 is 1.88 bits per heavy atom. The maximum absolute atomic E-state index is 12.3. The van der Waals surface area contributed by atoms with Gasteiger partial charge in [0.1, 0.15) is 0 Å². The van der Waals surface area contributed by atoms with Gasteiger partial charge in [0.25, 0.3) is 0 Å². The third kappa shape index (κ3) is 4.63. The van der Waals surface area contributed by atoms with Crippen LogP contribution in [-0.2, 0) is 4.79 Å². The standard InChI is InChI=1S/C20H25N3OS/c1-25-19-10-6-5-9-18(19)22-20(24)11-12-23-13-16(17(21)14-23)15-7-3-2-4-8-15/h2-10,16-17H,11-14,21H2,1H3,(H,22,24)/t16-,17+/m0/s1. The zero-order chi connectivity index (χ0) is 17.6. The SMILES string of the molecule is CSc1ccccc1NC(=O)CCN1C[C@@H](N)[C@H](c2ccccc2)C1. The Balaban J connectivity index is 1.51. The van der Waals surface area contributed by atoms with Crippen molar-refractivity contribution in [1.82, 2.24) is 4.90 Å². The lowest BCUT2D eigenvalue weighted by atomic mass is 9.95. The van der Waals surface area contributed by atoms with Crippen LogP contribution in [0.3, 0.4) is 0 Å². The molecule has 3 N–H and O–H groups in total. The van der Waals surface area contributed by atoms with Crippen LogP contribution in [-0.4, -0.2) is 42.7 Å². The normalized spacial score (nSPS) is 20.6. The second-order valence-corrected chi connectivity index (χ2v) is 7.29. The number of para-hydroxylation sites is 1. The molecule has 0 radical (unpaired) electrons. The summed E-state index contributed by atoms with van der Waals surface area (Å²) < 4.78 is 0. The largest absolute Gasteiger partial charge is 0.326 e. The molecule has 2 atom stereocenters. The molecule has 1 heterocycles. The summed E-state index contributed by atoms with van der Waals surface area (Å²) >= 11 is 1.64. The molecule has 2 aromatic carbocycles. The molecule has 1 amide bonds. The molecular weight excluding hydrogens is 330 g/mol. The maximum atomic E-state index is 12.3. The monoisotopic (exact) mass is 355 g/mol. The average molecular weight is 356 g/mol. The summed E-state index contributed by atoms with van der Waals surface area (Å²) in [5.41, 5.74) is 8.50. The van der Waals surface area contributed by atoms with Crippen LogP contribution in [0.5, 0.6) is 0 Å². The van der Waals surface area contributed by atoms with Gasteiger partial charge in [0.15, 0.2) is 0 Å². The van der Waals surface area contributed by atoms with Gasteiger partial charge >= 0.3 is 0 Å². The van der Waals surface area contributed by atoms with Gasteiger partial charge in [-0.1, -0.05) is 42.5 Å². The molecule has 132 valence electrons. The van der Waals surface area contributed by atoms with Gasteiger partial charge in [-0.3, -0.25) is 4.79 Å². The molecule has 4 nitrogen and oxygen atoms in total. The molecule has 1 aliphatic rings. The highest BCUT2D eigenvalue weighted by atomic mass is 32.2. The number of carbonyl (C=O) groups excluding carboxylic acids is 1. The lowest BCUT2D eigenvalue weighted by Crippen LogP contribution is -2.30. The number of amides is 1. The van der Waals surface area contributed by atoms with E-state index in [1.54, 1.807) is 11.8 Å². The van der Waals surface area contributed by atoms with Crippen molar-refractivity contribution >= 4 is 23.4 Å². The van der Waals surface area contributed by atoms with Gasteiger partial charge < -0.3 is 16.0 Å². The van der Waals surface area contributed by atoms with Crippen LogP contribution < -0.4 is 11.1 Å². The van der Waals surface area contributed by atoms with E-state index in [9.17, 15) is 4.79 Å². The zero-order valence-electron chi connectivity index (χ0n) is 14.5. The van der Waals surface area contributed by atoms with E-state index in [-0.39, 0.29) is 11.9 Å². The van der Waals surface area contributed by atoms with Gasteiger partial charge in [-0.15, -0.1) is 11.8 Å². The van der Waals surface area contributed by atoms with Crippen LogP contribution in [0.15, 0.2) is 59.5 Å². The smallest absolute Gasteiger partial charge is 0.225 e. The Morgan fingerprint density at radius 1 is 1.16 bits per heavy atom. The van der Waals surface area contributed by atoms with Crippen molar-refractivity contribution in [3.8, 4) is 0 Å². The first-order valence-corrected chi connectivity index (χ1v) is 9.85. The minimum Gasteiger partial charge on any atom is -0.326 e. The molecule has 0 aromatic heterocycles. The number of nitrogens with two attached hydrogens (primary N) is 1. The predicted octanol–water partition coefficient (Wildman–Crippen LogP) is 3.16. The van der Waals surface area contributed by atoms with Gasteiger partial charge in [0.05, 0.1) is 5.69 Å². The van der Waals surface area contributed by atoms with Crippen molar-refractivity contribution in [3.63, 3.8) is 0 Å². The highest BCUT2D eigenvalue weighted by Crippen LogP contribution is 2.27. The summed E-state index contributed by atoms with van der Waals surface area (Å²) in [6.07, 6.45) is 2.50. The first-order chi connectivity index (χ1) is 12.2. The molecular formula is C20H25N3OS. The molecule has 3 rings (SSSR count). The van der Waals surface area contributed by atoms with E-state index < -0.39 is 0 Å². The van der Waals surface area contributed by atoms with Gasteiger partial charge in [0, 0.05) is 42.9 Å². The van der Waals surface area contributed by atoms with Gasteiger partial charge in [0.2, 0.25) is 5.91 Å². The average Bonchev–Trinajstić information content (AvgIpc) is 3.02. The Labute approximate surface area is 153 Å². The zero-order valence-corrected chi connectivity index (χ0v) is 15.3. The van der Waals surface area contributed by atoms with Crippen molar-refractivity contribution in [3.05, 3.63) is 60.2 Å². The molecule has 1 aliphatic heterocycles. The Kier molecular flexibility index (Phi) is 6.13. The number of hydrogen-bond acceptors (Lipinski definition) is 4. The van der Waals surface area contributed by atoms with E-state index in [0.29, 0.717) is 12.3 Å². The Bertz CT molecular complexity index is 707. The van der Waals surface area contributed by atoms with Gasteiger partial charge in [-0.05, 0) is 24.0 Å². The number of likely N-dealkylation sites (tertiary alicyclic amines) is 1. The molecule has 0 spiro atoms. The number of anilines is 1. The van der Waals surface area contributed by atoms with Crippen molar-refractivity contribution in [2.24, 2.45) is 5.73 Å². The maximum Gasteiger partial charge on any atom is 0.225 e. The predicted molar refractivity (Wildman–Crippen MR) is 105 cm³/mol. The summed E-state index contributed by atoms with van der Waals surface area (Å²) in [7, 11) is 0. The number of nitrogens with one attached hydrogen (secondary N) is 1. The van der Waals surface area contributed by atoms with Gasteiger partial charge in [-0.25, -0.2) is 0 Å². The van der Waals surface area contributed by atoms with Crippen LogP contribution in [0.1, 0.15) is 17.9 Å². The molecule has 0 bridgehead atoms. The summed E-state index contributed by atoms with van der Waals surface area (Å²) in [5, 5.41) is 3.02. The van der Waals surface area contributed by atoms with E-state index in [1.165, 1.54) is 5.56 Å². The topological polar surface area (TPSA) is 58.4 Å². The van der Waals surface area contributed by atoms with Crippen molar-refractivity contribution in [2.75, 3.05) is 31.2 Å². The molecule has 0 unspecified atom stereocenters. The number of thioether (sulfide) groups is 1. The fourth-order valence-corrected chi connectivity index (χ4v) is 3.92. The molecule has 5 heteroatoms. The fraction of sp³-hybridized carbons (Fsp3) is 0.350. The molecule has 1 fully saturated rings. The van der Waals surface area contributed by atoms with Crippen LogP contribution in [0, 0.1) is 0 Å². The summed E-state index contributed by atoms with van der Waals surface area (Å²) in [4.78, 5) is 15.7. The third-order valence-electron chi connectivity index (χ3n) is 4.70. The lowest BCUT2D eigenvalue weighted by molar-refractivity contribution is -0.116.